The van der Waals surface area contributed by atoms with Gasteiger partial charge in [0.1, 0.15) is 13.7 Å². The fourth-order valence-corrected chi connectivity index (χ4v) is 5.84. The second kappa shape index (κ2) is 9.87. The molecule has 1 fully saturated rings. The molecule has 1 rings (SSSR count). The summed E-state index contributed by atoms with van der Waals surface area (Å²) < 4.78 is 39.4. The van der Waals surface area contributed by atoms with Crippen LogP contribution in [0.1, 0.15) is 34.6 Å². The molecule has 1 aliphatic rings. The monoisotopic (exact) mass is 436 g/mol. The van der Waals surface area contributed by atoms with Gasteiger partial charge in [0, 0.05) is 34.6 Å². The Morgan fingerprint density at radius 3 is 1.48 bits per heavy atom. The highest BCUT2D eigenvalue weighted by atomic mass is 31.2. The maximum atomic E-state index is 13.7. The Hall–Kier alpha value is -2.42. The SMILES string of the molecule is CC(=O)OC[C@@H]1[C@@H](OC(C)=O)[C@H](OC(C)=O)[C@H](OC(C)=O)[C@@H](OC(C)=O)[P@]1(C)=O. The Balaban J connectivity index is 3.59. The molecule has 0 amide bonds. The number of carbonyl (C=O) groups is 5. The van der Waals surface area contributed by atoms with Gasteiger partial charge < -0.3 is 28.2 Å². The Morgan fingerprint density at radius 1 is 0.655 bits per heavy atom. The predicted molar refractivity (Wildman–Crippen MR) is 96.2 cm³/mol. The van der Waals surface area contributed by atoms with Gasteiger partial charge in [-0.1, -0.05) is 0 Å². The Labute approximate surface area is 167 Å². The summed E-state index contributed by atoms with van der Waals surface area (Å²) in [5.74, 6) is -5.47. The molecular formula is C17H25O11P. The minimum absolute atomic E-state index is 0.469. The topological polar surface area (TPSA) is 149 Å². The van der Waals surface area contributed by atoms with E-state index in [1.54, 1.807) is 0 Å². The summed E-state index contributed by atoms with van der Waals surface area (Å²) in [6, 6.07) is 0. The van der Waals surface area contributed by atoms with Crippen molar-refractivity contribution in [2.45, 2.75) is 64.4 Å². The summed E-state index contributed by atoms with van der Waals surface area (Å²) in [4.78, 5) is 57.9. The molecule has 12 heteroatoms. The van der Waals surface area contributed by atoms with Crippen LogP contribution in [0, 0.1) is 0 Å². The van der Waals surface area contributed by atoms with Gasteiger partial charge in [-0.25, -0.2) is 0 Å². The van der Waals surface area contributed by atoms with Gasteiger partial charge in [0.2, 0.25) is 0 Å². The molecule has 0 unspecified atom stereocenters. The van der Waals surface area contributed by atoms with E-state index >= 15 is 0 Å². The standard InChI is InChI=1S/C17H25O11P/c1-8(18)24-7-13-14(25-9(2)19)15(26-10(3)20)16(27-11(4)21)17(28-12(5)22)29(13,6)23/h13-17H,7H2,1-6H3/t13-,14-,15+,16+,17+,29-/m1/s1. The van der Waals surface area contributed by atoms with Crippen LogP contribution in [0.25, 0.3) is 0 Å². The minimum atomic E-state index is -3.69. The molecule has 164 valence electrons. The summed E-state index contributed by atoms with van der Waals surface area (Å²) in [5.41, 5.74) is -1.18. The highest BCUT2D eigenvalue weighted by Gasteiger charge is 2.61. The Kier molecular flexibility index (Phi) is 8.37. The van der Waals surface area contributed by atoms with E-state index in [0.717, 1.165) is 34.6 Å². The van der Waals surface area contributed by atoms with Crippen molar-refractivity contribution >= 4 is 37.0 Å². The lowest BCUT2D eigenvalue weighted by Crippen LogP contribution is -2.61. The zero-order valence-corrected chi connectivity index (χ0v) is 17.9. The number of esters is 5. The molecule has 0 saturated carbocycles. The molecule has 0 N–H and O–H groups in total. The smallest absolute Gasteiger partial charge is 0.303 e. The molecule has 0 bridgehead atoms. The second-order valence-corrected chi connectivity index (χ2v) is 9.94. The van der Waals surface area contributed by atoms with Crippen LogP contribution in [-0.2, 0) is 52.2 Å². The van der Waals surface area contributed by atoms with Gasteiger partial charge >= 0.3 is 29.8 Å². The van der Waals surface area contributed by atoms with Gasteiger partial charge in [0.15, 0.2) is 24.2 Å². The largest absolute Gasteiger partial charge is 0.465 e. The van der Waals surface area contributed by atoms with Gasteiger partial charge in [0.25, 0.3) is 0 Å². The summed E-state index contributed by atoms with van der Waals surface area (Å²) in [6.07, 6.45) is -4.34. The first-order valence-corrected chi connectivity index (χ1v) is 11.0. The van der Waals surface area contributed by atoms with Crippen molar-refractivity contribution in [3.05, 3.63) is 0 Å². The van der Waals surface area contributed by atoms with Crippen LogP contribution in [0.15, 0.2) is 0 Å². The van der Waals surface area contributed by atoms with E-state index in [9.17, 15) is 28.5 Å². The first-order valence-electron chi connectivity index (χ1n) is 8.66. The van der Waals surface area contributed by atoms with E-state index in [1.807, 2.05) is 0 Å². The zero-order valence-electron chi connectivity index (χ0n) is 17.0. The van der Waals surface area contributed by atoms with E-state index in [0.29, 0.717) is 0 Å². The fourth-order valence-electron chi connectivity index (χ4n) is 3.11. The number of carbonyl (C=O) groups excluding carboxylic acids is 5. The van der Waals surface area contributed by atoms with Gasteiger partial charge in [-0.2, -0.15) is 0 Å². The summed E-state index contributed by atoms with van der Waals surface area (Å²) >= 11 is 0. The van der Waals surface area contributed by atoms with Crippen LogP contribution < -0.4 is 0 Å². The normalized spacial score (nSPS) is 31.2. The molecule has 6 atom stereocenters. The third-order valence-corrected chi connectivity index (χ3v) is 7.29. The molecule has 0 radical (unpaired) electrons. The van der Waals surface area contributed by atoms with Crippen molar-refractivity contribution in [1.29, 1.82) is 0 Å². The first-order chi connectivity index (χ1) is 13.3. The Morgan fingerprint density at radius 2 is 1.07 bits per heavy atom. The Bertz CT molecular complexity index is 731. The van der Waals surface area contributed by atoms with Crippen LogP contribution in [0.4, 0.5) is 0 Å². The highest BCUT2D eigenvalue weighted by Crippen LogP contribution is 2.60. The summed E-state index contributed by atoms with van der Waals surface area (Å²) in [6.45, 7) is 6.16. The van der Waals surface area contributed by atoms with E-state index in [2.05, 4.69) is 0 Å². The molecule has 0 spiro atoms. The molecule has 0 aromatic rings. The molecule has 0 aliphatic carbocycles. The number of hydrogen-bond donors (Lipinski definition) is 0. The molecule has 11 nitrogen and oxygen atoms in total. The summed E-state index contributed by atoms with van der Waals surface area (Å²) in [5, 5.41) is 0. The van der Waals surface area contributed by atoms with Crippen molar-refractivity contribution in [3.8, 4) is 0 Å². The number of ether oxygens (including phenoxy) is 5. The second-order valence-electron chi connectivity index (χ2n) is 6.65. The van der Waals surface area contributed by atoms with Gasteiger partial charge in [-0.15, -0.1) is 0 Å². The van der Waals surface area contributed by atoms with Crippen molar-refractivity contribution in [3.63, 3.8) is 0 Å². The lowest BCUT2D eigenvalue weighted by atomic mass is 10.0. The van der Waals surface area contributed by atoms with Crippen LogP contribution in [0.2, 0.25) is 0 Å². The van der Waals surface area contributed by atoms with Crippen molar-refractivity contribution in [1.82, 2.24) is 0 Å². The quantitative estimate of drug-likeness (QED) is 0.327. The third kappa shape index (κ3) is 6.56. The summed E-state index contributed by atoms with van der Waals surface area (Å²) in [7, 11) is -3.69. The molecule has 1 heterocycles. The van der Waals surface area contributed by atoms with Crippen molar-refractivity contribution in [2.24, 2.45) is 0 Å². The van der Waals surface area contributed by atoms with Crippen LogP contribution in [0.5, 0.6) is 0 Å². The van der Waals surface area contributed by atoms with E-state index in [4.69, 9.17) is 23.7 Å². The van der Waals surface area contributed by atoms with Gasteiger partial charge in [-0.3, -0.25) is 24.0 Å². The van der Waals surface area contributed by atoms with Crippen molar-refractivity contribution < 1.29 is 52.2 Å². The number of rotatable bonds is 6. The van der Waals surface area contributed by atoms with Gasteiger partial charge in [-0.05, 0) is 6.66 Å². The van der Waals surface area contributed by atoms with Gasteiger partial charge in [0.05, 0.1) is 5.66 Å². The predicted octanol–water partition coefficient (Wildman–Crippen LogP) is 0.609. The maximum absolute atomic E-state index is 13.7. The molecular weight excluding hydrogens is 411 g/mol. The van der Waals surface area contributed by atoms with Crippen LogP contribution in [0.3, 0.4) is 0 Å². The van der Waals surface area contributed by atoms with E-state index in [-0.39, 0.29) is 0 Å². The fraction of sp³-hybridized carbons (Fsp3) is 0.706. The number of hydrogen-bond acceptors (Lipinski definition) is 11. The average molecular weight is 436 g/mol. The lowest BCUT2D eigenvalue weighted by Gasteiger charge is -2.47. The molecule has 1 saturated heterocycles. The molecule has 29 heavy (non-hydrogen) atoms. The van der Waals surface area contributed by atoms with Crippen LogP contribution in [-0.4, -0.2) is 72.9 Å². The average Bonchev–Trinajstić information content (AvgIpc) is 2.52. The van der Waals surface area contributed by atoms with Crippen LogP contribution >= 0.6 is 7.14 Å². The minimum Gasteiger partial charge on any atom is -0.465 e. The zero-order chi connectivity index (χ0) is 22.5. The van der Waals surface area contributed by atoms with Crippen molar-refractivity contribution in [2.75, 3.05) is 13.3 Å². The van der Waals surface area contributed by atoms with E-state index < -0.39 is 73.4 Å². The molecule has 0 aromatic heterocycles. The molecule has 1 aliphatic heterocycles. The third-order valence-electron chi connectivity index (χ3n) is 4.12. The maximum Gasteiger partial charge on any atom is 0.303 e. The molecule has 0 aromatic carbocycles. The first kappa shape index (κ1) is 24.6. The highest BCUT2D eigenvalue weighted by molar-refractivity contribution is 7.64. The lowest BCUT2D eigenvalue weighted by molar-refractivity contribution is -0.197. The van der Waals surface area contributed by atoms with E-state index in [1.165, 1.54) is 6.66 Å².